The highest BCUT2D eigenvalue weighted by Gasteiger charge is 2.21. The van der Waals surface area contributed by atoms with Crippen LogP contribution in [-0.2, 0) is 0 Å². The van der Waals surface area contributed by atoms with Gasteiger partial charge in [-0.05, 0) is 18.2 Å². The number of rotatable bonds is 3. The number of ether oxygens (including phenoxy) is 1. The lowest BCUT2D eigenvalue weighted by Crippen LogP contribution is -2.06. The largest absolute Gasteiger partial charge is 0.481 e. The molecule has 0 aliphatic heterocycles. The Hall–Kier alpha value is -2.01. The zero-order valence-corrected chi connectivity index (χ0v) is 9.60. The van der Waals surface area contributed by atoms with Gasteiger partial charge < -0.3 is 9.84 Å². The van der Waals surface area contributed by atoms with Gasteiger partial charge in [0.05, 0.1) is 7.11 Å². The number of hydrogen-bond acceptors (Lipinski definition) is 3. The lowest BCUT2D eigenvalue weighted by molar-refractivity contribution is 0.206. The summed E-state index contributed by atoms with van der Waals surface area (Å²) in [6.07, 6.45) is 0.154. The topological polar surface area (TPSA) is 42.4 Å². The number of hydrogen-bond donors (Lipinski definition) is 1. The average Bonchev–Trinajstić information content (AvgIpc) is 2.41. The van der Waals surface area contributed by atoms with E-state index in [0.717, 1.165) is 6.07 Å². The third kappa shape index (κ3) is 2.17. The van der Waals surface area contributed by atoms with Gasteiger partial charge in [-0.2, -0.15) is 0 Å². The molecule has 94 valence electrons. The normalized spacial score (nSPS) is 12.2. The van der Waals surface area contributed by atoms with Gasteiger partial charge in [-0.25, -0.2) is 13.8 Å². The molecular formula is C13H11F2NO2. The van der Waals surface area contributed by atoms with Crippen molar-refractivity contribution in [2.75, 3.05) is 7.11 Å². The molecule has 0 bridgehead atoms. The smallest absolute Gasteiger partial charge is 0.219 e. The van der Waals surface area contributed by atoms with E-state index in [1.165, 1.54) is 25.4 Å². The van der Waals surface area contributed by atoms with Gasteiger partial charge in [0.2, 0.25) is 5.88 Å². The van der Waals surface area contributed by atoms with Gasteiger partial charge >= 0.3 is 0 Å². The van der Waals surface area contributed by atoms with E-state index in [4.69, 9.17) is 4.74 Å². The first kappa shape index (κ1) is 12.4. The van der Waals surface area contributed by atoms with E-state index in [2.05, 4.69) is 4.98 Å². The van der Waals surface area contributed by atoms with Crippen LogP contribution in [0.4, 0.5) is 8.78 Å². The molecule has 0 saturated heterocycles. The SMILES string of the molecule is COc1ncccc1C(O)c1cccc(F)c1F. The monoisotopic (exact) mass is 251 g/mol. The maximum absolute atomic E-state index is 13.6. The average molecular weight is 251 g/mol. The number of benzene rings is 1. The van der Waals surface area contributed by atoms with Gasteiger partial charge in [-0.15, -0.1) is 0 Å². The highest BCUT2D eigenvalue weighted by Crippen LogP contribution is 2.30. The van der Waals surface area contributed by atoms with E-state index in [1.54, 1.807) is 12.1 Å². The Kier molecular flexibility index (Phi) is 3.53. The summed E-state index contributed by atoms with van der Waals surface area (Å²) in [5, 5.41) is 10.1. The maximum atomic E-state index is 13.6. The second kappa shape index (κ2) is 5.10. The number of methoxy groups -OCH3 is 1. The van der Waals surface area contributed by atoms with Gasteiger partial charge in [0.15, 0.2) is 11.6 Å². The van der Waals surface area contributed by atoms with Gasteiger partial charge in [0.25, 0.3) is 0 Å². The van der Waals surface area contributed by atoms with Crippen LogP contribution in [0.2, 0.25) is 0 Å². The first-order chi connectivity index (χ1) is 8.65. The Labute approximate surface area is 103 Å². The van der Waals surface area contributed by atoms with Crippen molar-refractivity contribution < 1.29 is 18.6 Å². The summed E-state index contributed by atoms with van der Waals surface area (Å²) in [5.74, 6) is -1.90. The standard InChI is InChI=1S/C13H11F2NO2/c1-18-13-9(5-3-7-16-13)12(17)8-4-2-6-10(14)11(8)15/h2-7,12,17H,1H3. The molecule has 2 aromatic rings. The quantitative estimate of drug-likeness (QED) is 0.911. The number of nitrogens with zero attached hydrogens (tertiary/aromatic N) is 1. The van der Waals surface area contributed by atoms with Gasteiger partial charge in [0.1, 0.15) is 6.10 Å². The van der Waals surface area contributed by atoms with Crippen molar-refractivity contribution in [1.82, 2.24) is 4.98 Å². The molecule has 1 aromatic carbocycles. The summed E-state index contributed by atoms with van der Waals surface area (Å²) >= 11 is 0. The van der Waals surface area contributed by atoms with Gasteiger partial charge in [-0.1, -0.05) is 12.1 Å². The molecule has 18 heavy (non-hydrogen) atoms. The Bertz CT molecular complexity index is 560. The lowest BCUT2D eigenvalue weighted by atomic mass is 10.0. The third-order valence-electron chi connectivity index (χ3n) is 2.56. The minimum Gasteiger partial charge on any atom is -0.481 e. The van der Waals surface area contributed by atoms with E-state index in [1.807, 2.05) is 0 Å². The zero-order valence-electron chi connectivity index (χ0n) is 9.60. The Morgan fingerprint density at radius 2 is 1.89 bits per heavy atom. The van der Waals surface area contributed by atoms with Crippen molar-refractivity contribution >= 4 is 0 Å². The molecule has 0 radical (unpaired) electrons. The summed E-state index contributed by atoms with van der Waals surface area (Å²) in [4.78, 5) is 3.90. The van der Waals surface area contributed by atoms with E-state index in [0.29, 0.717) is 0 Å². The molecular weight excluding hydrogens is 240 g/mol. The predicted molar refractivity (Wildman–Crippen MR) is 61.2 cm³/mol. The van der Waals surface area contributed by atoms with Gasteiger partial charge in [0, 0.05) is 17.3 Å². The van der Waals surface area contributed by atoms with Gasteiger partial charge in [-0.3, -0.25) is 0 Å². The van der Waals surface area contributed by atoms with Crippen LogP contribution in [0.25, 0.3) is 0 Å². The molecule has 1 unspecified atom stereocenters. The molecule has 0 amide bonds. The Morgan fingerprint density at radius 1 is 1.17 bits per heavy atom. The molecule has 1 N–H and O–H groups in total. The van der Waals surface area contributed by atoms with Crippen LogP contribution in [0.5, 0.6) is 5.88 Å². The molecule has 1 aromatic heterocycles. The van der Waals surface area contributed by atoms with E-state index in [-0.39, 0.29) is 17.0 Å². The van der Waals surface area contributed by atoms with Crippen LogP contribution in [0.15, 0.2) is 36.5 Å². The fraction of sp³-hybridized carbons (Fsp3) is 0.154. The minimum absolute atomic E-state index is 0.152. The third-order valence-corrected chi connectivity index (χ3v) is 2.56. The molecule has 0 aliphatic rings. The first-order valence-electron chi connectivity index (χ1n) is 5.26. The van der Waals surface area contributed by atoms with Crippen molar-refractivity contribution in [3.05, 3.63) is 59.3 Å². The number of aliphatic hydroxyl groups is 1. The summed E-state index contributed by atoms with van der Waals surface area (Å²) in [6.45, 7) is 0. The van der Waals surface area contributed by atoms with Crippen LogP contribution >= 0.6 is 0 Å². The van der Waals surface area contributed by atoms with Crippen LogP contribution < -0.4 is 4.74 Å². The molecule has 1 heterocycles. The summed E-state index contributed by atoms with van der Waals surface area (Å²) in [5.41, 5.74) is 0.130. The number of aliphatic hydroxyl groups excluding tert-OH is 1. The van der Waals surface area contributed by atoms with Crippen molar-refractivity contribution in [3.63, 3.8) is 0 Å². The number of pyridine rings is 1. The molecule has 0 saturated carbocycles. The van der Waals surface area contributed by atoms with Crippen molar-refractivity contribution in [3.8, 4) is 5.88 Å². The summed E-state index contributed by atoms with van der Waals surface area (Å²) in [6, 6.07) is 6.76. The zero-order chi connectivity index (χ0) is 13.1. The number of aromatic nitrogens is 1. The molecule has 0 aliphatic carbocycles. The van der Waals surface area contributed by atoms with Crippen molar-refractivity contribution in [2.45, 2.75) is 6.10 Å². The fourth-order valence-electron chi connectivity index (χ4n) is 1.68. The molecule has 2 rings (SSSR count). The molecule has 1 atom stereocenters. The highest BCUT2D eigenvalue weighted by molar-refractivity contribution is 5.36. The fourth-order valence-corrected chi connectivity index (χ4v) is 1.68. The molecule has 5 heteroatoms. The maximum Gasteiger partial charge on any atom is 0.219 e. The van der Waals surface area contributed by atoms with Crippen LogP contribution in [0, 0.1) is 11.6 Å². The first-order valence-corrected chi connectivity index (χ1v) is 5.26. The minimum atomic E-state index is -1.33. The predicted octanol–water partition coefficient (Wildman–Crippen LogP) is 2.45. The second-order valence-corrected chi connectivity index (χ2v) is 3.65. The molecule has 3 nitrogen and oxygen atoms in total. The van der Waals surface area contributed by atoms with Crippen molar-refractivity contribution in [2.24, 2.45) is 0 Å². The molecule has 0 fully saturated rings. The highest BCUT2D eigenvalue weighted by atomic mass is 19.2. The van der Waals surface area contributed by atoms with Crippen molar-refractivity contribution in [1.29, 1.82) is 0 Å². The van der Waals surface area contributed by atoms with E-state index >= 15 is 0 Å². The van der Waals surface area contributed by atoms with E-state index in [9.17, 15) is 13.9 Å². The summed E-state index contributed by atoms with van der Waals surface area (Å²) < 4.78 is 31.7. The van der Waals surface area contributed by atoms with Crippen LogP contribution in [-0.4, -0.2) is 17.2 Å². The Morgan fingerprint density at radius 3 is 2.61 bits per heavy atom. The Balaban J connectivity index is 2.48. The van der Waals surface area contributed by atoms with Crippen LogP contribution in [0.1, 0.15) is 17.2 Å². The van der Waals surface area contributed by atoms with Crippen LogP contribution in [0.3, 0.4) is 0 Å². The molecule has 0 spiro atoms. The number of halogens is 2. The lowest BCUT2D eigenvalue weighted by Gasteiger charge is -2.14. The van der Waals surface area contributed by atoms with E-state index < -0.39 is 17.7 Å². The summed E-state index contributed by atoms with van der Waals surface area (Å²) in [7, 11) is 1.39. The second-order valence-electron chi connectivity index (χ2n) is 3.65.